The minimum Gasteiger partial charge on any atom is -0.299 e. The van der Waals surface area contributed by atoms with Crippen molar-refractivity contribution in [1.82, 2.24) is 0 Å². The topological polar surface area (TPSA) is 46.5 Å². The Bertz CT molecular complexity index is 224. The third-order valence-corrected chi connectivity index (χ3v) is 1.30. The van der Waals surface area contributed by atoms with Crippen LogP contribution in [-0.2, 0) is 9.09 Å². The van der Waals surface area contributed by atoms with E-state index in [1.165, 1.54) is 0 Å². The van der Waals surface area contributed by atoms with E-state index in [1.807, 2.05) is 0 Å². The smallest absolute Gasteiger partial charge is 0.299 e. The van der Waals surface area contributed by atoms with E-state index in [0.29, 0.717) is 0 Å². The third kappa shape index (κ3) is 4.77. The van der Waals surface area contributed by atoms with E-state index in [-0.39, 0.29) is 0 Å². The Balaban J connectivity index is 4.87. The summed E-state index contributed by atoms with van der Waals surface area (Å²) >= 11 is 0. The highest BCUT2D eigenvalue weighted by Crippen LogP contribution is 2.50. The molecule has 0 aliphatic heterocycles. The van der Waals surface area contributed by atoms with Gasteiger partial charge in [0.1, 0.15) is 0 Å². The van der Waals surface area contributed by atoms with Crippen LogP contribution in [0, 0.1) is 0 Å². The molecule has 0 radical (unpaired) electrons. The molecule has 0 fully saturated rings. The Hall–Kier alpha value is -0.340. The first-order valence-corrected chi connectivity index (χ1v) is 4.15. The number of hydrogen-bond donors (Lipinski definition) is 1. The van der Waals surface area contributed by atoms with Gasteiger partial charge in [-0.3, -0.25) is 9.42 Å². The fourth-order valence-corrected chi connectivity index (χ4v) is 0.934. The van der Waals surface area contributed by atoms with E-state index in [1.54, 1.807) is 0 Å². The lowest BCUT2D eigenvalue weighted by Crippen LogP contribution is -2.43. The summed E-state index contributed by atoms with van der Waals surface area (Å²) in [6.07, 6.45) is -16.6. The van der Waals surface area contributed by atoms with Gasteiger partial charge >= 0.3 is 20.3 Å². The molecule has 0 saturated heterocycles. The van der Waals surface area contributed by atoms with Gasteiger partial charge < -0.3 is 0 Å². The summed E-state index contributed by atoms with van der Waals surface area (Å²) in [7, 11) is -6.35. The molecule has 0 aliphatic carbocycles. The largest absolute Gasteiger partial charge is 0.511 e. The monoisotopic (exact) mass is 250 g/mol. The van der Waals surface area contributed by atoms with Gasteiger partial charge in [0.25, 0.3) is 6.10 Å². The SMILES string of the molecule is O=P(O)(F)OC(C(F)(F)F)C(F)(F)F. The van der Waals surface area contributed by atoms with Crippen molar-refractivity contribution in [2.45, 2.75) is 18.5 Å². The van der Waals surface area contributed by atoms with Gasteiger partial charge in [-0.2, -0.15) is 26.3 Å². The van der Waals surface area contributed by atoms with Crippen LogP contribution in [0.5, 0.6) is 0 Å². The van der Waals surface area contributed by atoms with E-state index in [4.69, 9.17) is 4.89 Å². The summed E-state index contributed by atoms with van der Waals surface area (Å²) in [6.45, 7) is 0. The fourth-order valence-electron chi connectivity index (χ4n) is 0.435. The normalized spacial score (nSPS) is 18.4. The highest BCUT2D eigenvalue weighted by atomic mass is 31.2. The summed E-state index contributed by atoms with van der Waals surface area (Å²) in [5, 5.41) is 0. The van der Waals surface area contributed by atoms with Gasteiger partial charge in [-0.25, -0.2) is 4.57 Å². The van der Waals surface area contributed by atoms with Gasteiger partial charge in [-0.05, 0) is 0 Å². The molecule has 1 unspecified atom stereocenters. The van der Waals surface area contributed by atoms with Crippen LogP contribution in [0.1, 0.15) is 0 Å². The van der Waals surface area contributed by atoms with Crippen molar-refractivity contribution in [2.24, 2.45) is 0 Å². The second-order valence-corrected chi connectivity index (χ2v) is 3.13. The predicted molar refractivity (Wildman–Crippen MR) is 27.9 cm³/mol. The summed E-state index contributed by atoms with van der Waals surface area (Å²) in [6, 6.07) is 0. The molecule has 0 aromatic heterocycles. The lowest BCUT2D eigenvalue weighted by molar-refractivity contribution is -0.302. The van der Waals surface area contributed by atoms with Gasteiger partial charge in [0.05, 0.1) is 0 Å². The summed E-state index contributed by atoms with van der Waals surface area (Å²) < 4.78 is 92.5. The molecule has 0 bridgehead atoms. The molecule has 0 aliphatic rings. The van der Waals surface area contributed by atoms with Crippen LogP contribution in [0.3, 0.4) is 0 Å². The minimum absolute atomic E-state index is 2.36. The average Bonchev–Trinajstić information content (AvgIpc) is 1.75. The van der Waals surface area contributed by atoms with Crippen molar-refractivity contribution in [2.75, 3.05) is 0 Å². The van der Waals surface area contributed by atoms with Crippen LogP contribution in [0.4, 0.5) is 30.5 Å². The van der Waals surface area contributed by atoms with Crippen LogP contribution in [0.15, 0.2) is 0 Å². The van der Waals surface area contributed by atoms with Crippen LogP contribution < -0.4 is 0 Å². The highest BCUT2D eigenvalue weighted by Gasteiger charge is 2.60. The molecule has 3 nitrogen and oxygen atoms in total. The molecular formula is C3H2F7O3P. The zero-order chi connectivity index (χ0) is 11.8. The maximum atomic E-state index is 11.6. The van der Waals surface area contributed by atoms with E-state index in [0.717, 1.165) is 0 Å². The summed E-state index contributed by atoms with van der Waals surface area (Å²) in [5.74, 6) is 0. The van der Waals surface area contributed by atoms with Crippen LogP contribution in [0.2, 0.25) is 0 Å². The molecule has 0 aromatic carbocycles. The second-order valence-electron chi connectivity index (χ2n) is 2.02. The van der Waals surface area contributed by atoms with Gasteiger partial charge in [0.2, 0.25) is 0 Å². The third-order valence-electron chi connectivity index (χ3n) is 0.830. The van der Waals surface area contributed by atoms with Gasteiger partial charge in [0, 0.05) is 0 Å². The second kappa shape index (κ2) is 3.67. The zero-order valence-corrected chi connectivity index (χ0v) is 6.83. The number of alkyl halides is 6. The van der Waals surface area contributed by atoms with Crippen molar-refractivity contribution in [3.8, 4) is 0 Å². The van der Waals surface area contributed by atoms with Gasteiger partial charge in [-0.15, -0.1) is 4.20 Å². The van der Waals surface area contributed by atoms with Crippen molar-refractivity contribution in [3.63, 3.8) is 0 Å². The lowest BCUT2D eigenvalue weighted by Gasteiger charge is -2.22. The molecule has 0 heterocycles. The standard InChI is InChI=1S/C3H2F7O3P/c4-2(5,6)1(3(7,8)9)13-14(10,11)12/h1H,(H,11,12). The minimum atomic E-state index is -6.35. The number of hydrogen-bond acceptors (Lipinski definition) is 2. The summed E-state index contributed by atoms with van der Waals surface area (Å²) in [4.78, 5) is 7.58. The Morgan fingerprint density at radius 3 is 1.43 bits per heavy atom. The first-order chi connectivity index (χ1) is 5.84. The van der Waals surface area contributed by atoms with Gasteiger partial charge in [0.15, 0.2) is 0 Å². The Morgan fingerprint density at radius 2 is 1.36 bits per heavy atom. The molecule has 0 rings (SSSR count). The molecular weight excluding hydrogens is 248 g/mol. The van der Waals surface area contributed by atoms with Crippen LogP contribution in [-0.4, -0.2) is 23.3 Å². The summed E-state index contributed by atoms with van der Waals surface area (Å²) in [5.41, 5.74) is 0. The predicted octanol–water partition coefficient (Wildman–Crippen LogP) is 2.57. The molecule has 86 valence electrons. The average molecular weight is 250 g/mol. The van der Waals surface area contributed by atoms with Crippen molar-refractivity contribution < 1.29 is 44.5 Å². The van der Waals surface area contributed by atoms with Crippen molar-refractivity contribution in [1.29, 1.82) is 0 Å². The molecule has 11 heteroatoms. The van der Waals surface area contributed by atoms with Gasteiger partial charge in [-0.1, -0.05) is 0 Å². The quantitative estimate of drug-likeness (QED) is 0.605. The molecule has 14 heavy (non-hydrogen) atoms. The van der Waals surface area contributed by atoms with Crippen molar-refractivity contribution >= 4 is 7.91 Å². The number of halogens is 7. The molecule has 0 saturated carbocycles. The molecule has 1 atom stereocenters. The van der Waals surface area contributed by atoms with E-state index in [2.05, 4.69) is 4.52 Å². The Labute approximate surface area is 72.1 Å². The van der Waals surface area contributed by atoms with Crippen molar-refractivity contribution in [3.05, 3.63) is 0 Å². The van der Waals surface area contributed by atoms with Crippen LogP contribution >= 0.6 is 7.91 Å². The maximum Gasteiger partial charge on any atom is 0.511 e. The molecule has 1 N–H and O–H groups in total. The Morgan fingerprint density at radius 1 is 1.07 bits per heavy atom. The zero-order valence-electron chi connectivity index (χ0n) is 5.93. The maximum absolute atomic E-state index is 11.6. The van der Waals surface area contributed by atoms with Crippen LogP contribution in [0.25, 0.3) is 0 Å². The van der Waals surface area contributed by atoms with E-state index < -0.39 is 26.4 Å². The lowest BCUT2D eigenvalue weighted by atomic mass is 10.3. The first kappa shape index (κ1) is 13.7. The van der Waals surface area contributed by atoms with E-state index in [9.17, 15) is 35.1 Å². The Kier molecular flexibility index (Phi) is 3.58. The fraction of sp³-hybridized carbons (Fsp3) is 1.00. The molecule has 0 aromatic rings. The van der Waals surface area contributed by atoms with E-state index >= 15 is 0 Å². The molecule has 0 spiro atoms. The number of rotatable bonds is 2. The first-order valence-electron chi connectivity index (χ1n) is 2.68. The highest BCUT2D eigenvalue weighted by molar-refractivity contribution is 7.46. The molecule has 0 amide bonds.